The van der Waals surface area contributed by atoms with Crippen molar-refractivity contribution in [3.8, 4) is 16.9 Å². The van der Waals surface area contributed by atoms with Gasteiger partial charge in [-0.2, -0.15) is 0 Å². The zero-order chi connectivity index (χ0) is 27.7. The van der Waals surface area contributed by atoms with E-state index in [0.29, 0.717) is 49.0 Å². The topological polar surface area (TPSA) is 96.1 Å². The molecule has 7 nitrogen and oxygen atoms in total. The number of ether oxygens (including phenoxy) is 1. The summed E-state index contributed by atoms with van der Waals surface area (Å²) in [7, 11) is 0. The van der Waals surface area contributed by atoms with Crippen LogP contribution in [0.4, 0.5) is 8.78 Å². The van der Waals surface area contributed by atoms with Gasteiger partial charge >= 0.3 is 0 Å². The van der Waals surface area contributed by atoms with Crippen LogP contribution in [0.5, 0.6) is 5.75 Å². The number of carbonyl (C=O) groups excluding carboxylic acids is 2. The Balaban J connectivity index is 0.00000127. The molecular weight excluding hydrogens is 492 g/mol. The monoisotopic (exact) mass is 531 g/mol. The number of aliphatic hydroxyl groups is 1. The minimum atomic E-state index is -1.19. The van der Waals surface area contributed by atoms with Crippen molar-refractivity contribution in [2.24, 2.45) is 11.7 Å². The Bertz CT molecular complexity index is 1080. The molecule has 0 aromatic heterocycles. The maximum Gasteiger partial charge on any atom is 0.256 e. The van der Waals surface area contributed by atoms with Crippen molar-refractivity contribution < 1.29 is 28.2 Å². The van der Waals surface area contributed by atoms with Gasteiger partial charge in [0, 0.05) is 25.2 Å². The molecule has 2 aromatic carbocycles. The highest BCUT2D eigenvalue weighted by Gasteiger charge is 2.26. The van der Waals surface area contributed by atoms with E-state index in [2.05, 4.69) is 10.6 Å². The van der Waals surface area contributed by atoms with Crippen molar-refractivity contribution in [2.45, 2.75) is 51.8 Å². The smallest absolute Gasteiger partial charge is 0.256 e. The number of aliphatic hydroxyl groups excluding tert-OH is 1. The van der Waals surface area contributed by atoms with Crippen LogP contribution in [0.25, 0.3) is 11.1 Å². The van der Waals surface area contributed by atoms with Crippen LogP contribution in [0.3, 0.4) is 0 Å². The van der Waals surface area contributed by atoms with Crippen molar-refractivity contribution in [1.29, 1.82) is 0 Å². The van der Waals surface area contributed by atoms with Gasteiger partial charge in [0.05, 0.1) is 18.8 Å². The number of rotatable bonds is 8. The molecule has 9 heteroatoms. The molecule has 0 aliphatic carbocycles. The van der Waals surface area contributed by atoms with Gasteiger partial charge in [0.2, 0.25) is 6.41 Å². The predicted molar refractivity (Wildman–Crippen MR) is 143 cm³/mol. The molecule has 0 atom stereocenters. The molecule has 0 spiro atoms. The lowest BCUT2D eigenvalue weighted by Crippen LogP contribution is -2.41. The fraction of sp³-hybridized carbons (Fsp3) is 0.517. The summed E-state index contributed by atoms with van der Waals surface area (Å²) >= 11 is 0. The standard InChI is InChI=1S/C28H36F2N2O3.CH3NO/c1-28(2,30)19-31-13-9-20(10-14-31)18-35-26-8-6-21(15-23(26)17-33)22-5-7-24(25(29)16-22)27(34)32-11-3-4-12-32;2-1-3/h5-8,15-16,20,33H,3-4,9-14,17-19H2,1-2H3;1H,(H2,2,3). The summed E-state index contributed by atoms with van der Waals surface area (Å²) in [4.78, 5) is 25.0. The molecule has 38 heavy (non-hydrogen) atoms. The molecule has 2 amide bonds. The van der Waals surface area contributed by atoms with Crippen LogP contribution < -0.4 is 10.5 Å². The van der Waals surface area contributed by atoms with E-state index in [1.807, 2.05) is 12.1 Å². The largest absolute Gasteiger partial charge is 0.493 e. The second-order valence-electron chi connectivity index (χ2n) is 10.6. The summed E-state index contributed by atoms with van der Waals surface area (Å²) in [5, 5.41) is 9.92. The Morgan fingerprint density at radius 3 is 2.29 bits per heavy atom. The number of amides is 2. The summed E-state index contributed by atoms with van der Waals surface area (Å²) in [6, 6.07) is 10.1. The summed E-state index contributed by atoms with van der Waals surface area (Å²) in [5.74, 6) is 0.207. The van der Waals surface area contributed by atoms with Crippen LogP contribution in [-0.2, 0) is 11.4 Å². The molecule has 2 aliphatic heterocycles. The Morgan fingerprint density at radius 2 is 1.71 bits per heavy atom. The minimum absolute atomic E-state index is 0.0964. The number of likely N-dealkylation sites (tertiary alicyclic amines) is 2. The molecule has 2 aromatic rings. The molecule has 2 fully saturated rings. The maximum absolute atomic E-state index is 14.8. The highest BCUT2D eigenvalue weighted by molar-refractivity contribution is 5.95. The lowest BCUT2D eigenvalue weighted by molar-refractivity contribution is -0.106. The van der Waals surface area contributed by atoms with Crippen molar-refractivity contribution in [2.75, 3.05) is 39.3 Å². The quantitative estimate of drug-likeness (QED) is 0.499. The van der Waals surface area contributed by atoms with Gasteiger partial charge < -0.3 is 25.4 Å². The SMILES string of the molecule is CC(C)(F)CN1CCC(COc2ccc(-c3ccc(C(=O)N4CCCC4)c(F)c3)cc2CO)CC1.NC=O. The van der Waals surface area contributed by atoms with Gasteiger partial charge in [-0.15, -0.1) is 0 Å². The van der Waals surface area contributed by atoms with E-state index in [-0.39, 0.29) is 24.5 Å². The van der Waals surface area contributed by atoms with Crippen LogP contribution >= 0.6 is 0 Å². The first-order valence-corrected chi connectivity index (χ1v) is 13.2. The number of hydrogen-bond acceptors (Lipinski definition) is 5. The lowest BCUT2D eigenvalue weighted by atomic mass is 9.96. The third-order valence-electron chi connectivity index (χ3n) is 6.94. The number of benzene rings is 2. The number of alkyl halides is 1. The molecule has 2 aliphatic rings. The van der Waals surface area contributed by atoms with Crippen molar-refractivity contribution >= 4 is 12.3 Å². The second-order valence-corrected chi connectivity index (χ2v) is 10.6. The highest BCUT2D eigenvalue weighted by Crippen LogP contribution is 2.30. The van der Waals surface area contributed by atoms with E-state index in [4.69, 9.17) is 9.53 Å². The fourth-order valence-electron chi connectivity index (χ4n) is 5.03. The predicted octanol–water partition coefficient (Wildman–Crippen LogP) is 4.16. The van der Waals surface area contributed by atoms with E-state index in [1.54, 1.807) is 36.9 Å². The van der Waals surface area contributed by atoms with E-state index >= 15 is 0 Å². The van der Waals surface area contributed by atoms with Gasteiger partial charge in [-0.3, -0.25) is 9.59 Å². The molecule has 4 rings (SSSR count). The minimum Gasteiger partial charge on any atom is -0.493 e. The first kappa shape index (κ1) is 29.5. The van der Waals surface area contributed by atoms with Gasteiger partial charge in [0.25, 0.3) is 5.91 Å². The third-order valence-corrected chi connectivity index (χ3v) is 6.94. The van der Waals surface area contributed by atoms with Gasteiger partial charge in [-0.25, -0.2) is 8.78 Å². The van der Waals surface area contributed by atoms with Crippen molar-refractivity contribution in [3.05, 3.63) is 53.3 Å². The highest BCUT2D eigenvalue weighted by atomic mass is 19.1. The molecule has 2 saturated heterocycles. The molecule has 0 bridgehead atoms. The van der Waals surface area contributed by atoms with Crippen LogP contribution in [0.1, 0.15) is 55.5 Å². The fourth-order valence-corrected chi connectivity index (χ4v) is 5.03. The molecule has 0 radical (unpaired) electrons. The number of halogens is 2. The number of primary amides is 1. The Morgan fingerprint density at radius 1 is 1.11 bits per heavy atom. The number of carbonyl (C=O) groups is 2. The molecule has 3 N–H and O–H groups in total. The van der Waals surface area contributed by atoms with Gasteiger partial charge in [-0.05, 0) is 93.9 Å². The van der Waals surface area contributed by atoms with Crippen molar-refractivity contribution in [1.82, 2.24) is 9.80 Å². The van der Waals surface area contributed by atoms with Crippen LogP contribution in [0.15, 0.2) is 36.4 Å². The molecule has 2 heterocycles. The molecule has 0 unspecified atom stereocenters. The lowest BCUT2D eigenvalue weighted by Gasteiger charge is -2.34. The maximum atomic E-state index is 14.8. The number of nitrogens with two attached hydrogens (primary N) is 1. The van der Waals surface area contributed by atoms with Crippen LogP contribution in [0.2, 0.25) is 0 Å². The zero-order valence-electron chi connectivity index (χ0n) is 22.3. The van der Waals surface area contributed by atoms with E-state index in [1.165, 1.54) is 6.07 Å². The summed E-state index contributed by atoms with van der Waals surface area (Å²) < 4.78 is 34.7. The van der Waals surface area contributed by atoms with Gasteiger partial charge in [0.1, 0.15) is 17.2 Å². The first-order valence-electron chi connectivity index (χ1n) is 13.2. The van der Waals surface area contributed by atoms with Gasteiger partial charge in [-0.1, -0.05) is 12.1 Å². The summed E-state index contributed by atoms with van der Waals surface area (Å²) in [6.07, 6.45) is 4.07. The number of nitrogens with zero attached hydrogens (tertiary/aromatic N) is 2. The van der Waals surface area contributed by atoms with Crippen LogP contribution in [-0.4, -0.2) is 72.2 Å². The Kier molecular flexibility index (Phi) is 10.6. The molecule has 208 valence electrons. The number of hydrogen-bond donors (Lipinski definition) is 2. The molecular formula is C29H39F2N3O4. The first-order chi connectivity index (χ1) is 18.1. The zero-order valence-corrected chi connectivity index (χ0v) is 22.3. The van der Waals surface area contributed by atoms with E-state index in [0.717, 1.165) is 44.3 Å². The molecule has 0 saturated carbocycles. The van der Waals surface area contributed by atoms with Crippen molar-refractivity contribution in [3.63, 3.8) is 0 Å². The normalized spacial score (nSPS) is 16.6. The van der Waals surface area contributed by atoms with Gasteiger partial charge in [0.15, 0.2) is 0 Å². The number of piperidine rings is 1. The summed E-state index contributed by atoms with van der Waals surface area (Å²) in [5.41, 5.74) is 5.11. The Hall–Kier alpha value is -3.04. The average molecular weight is 532 g/mol. The van der Waals surface area contributed by atoms with E-state index in [9.17, 15) is 18.7 Å². The van der Waals surface area contributed by atoms with E-state index < -0.39 is 11.5 Å². The second kappa shape index (κ2) is 13.7. The Labute approximate surface area is 223 Å². The van der Waals surface area contributed by atoms with Crippen LogP contribution in [0, 0.1) is 11.7 Å². The third kappa shape index (κ3) is 8.23. The summed E-state index contributed by atoms with van der Waals surface area (Å²) in [6.45, 7) is 7.09. The average Bonchev–Trinajstić information content (AvgIpc) is 3.42.